The van der Waals surface area contributed by atoms with Gasteiger partial charge in [0.2, 0.25) is 0 Å². The highest BCUT2D eigenvalue weighted by atomic mass is 19.4. The van der Waals surface area contributed by atoms with E-state index in [1.807, 2.05) is 7.05 Å². The number of likely N-dealkylation sites (tertiary alicyclic amines) is 1. The van der Waals surface area contributed by atoms with Gasteiger partial charge >= 0.3 is 6.18 Å². The van der Waals surface area contributed by atoms with Crippen molar-refractivity contribution in [3.63, 3.8) is 0 Å². The van der Waals surface area contributed by atoms with Gasteiger partial charge in [0.15, 0.2) is 5.69 Å². The van der Waals surface area contributed by atoms with Crippen LogP contribution >= 0.6 is 0 Å². The maximum absolute atomic E-state index is 13.5. The third-order valence-electron chi connectivity index (χ3n) is 5.32. The van der Waals surface area contributed by atoms with E-state index in [1.54, 1.807) is 18.2 Å². The smallest absolute Gasteiger partial charge is 0.348 e. The molecule has 30 heavy (non-hydrogen) atoms. The third kappa shape index (κ3) is 4.79. The molecule has 2 aromatic rings. The van der Waals surface area contributed by atoms with Crippen molar-refractivity contribution >= 4 is 29.1 Å². The molecule has 160 valence electrons. The predicted octanol–water partition coefficient (Wildman–Crippen LogP) is 3.94. The van der Waals surface area contributed by atoms with Crippen LogP contribution < -0.4 is 5.32 Å². The second kappa shape index (κ2) is 8.83. The van der Waals surface area contributed by atoms with Crippen LogP contribution in [0.5, 0.6) is 0 Å². The Labute approximate surface area is 172 Å². The number of hydrogen-bond donors (Lipinski definition) is 2. The van der Waals surface area contributed by atoms with Gasteiger partial charge in [-0.25, -0.2) is 0 Å². The number of alkyl halides is 3. The number of aromatic nitrogens is 2. The molecule has 6 nitrogen and oxygen atoms in total. The highest BCUT2D eigenvalue weighted by Crippen LogP contribution is 2.34. The fourth-order valence-electron chi connectivity index (χ4n) is 3.54. The first-order chi connectivity index (χ1) is 14.2. The first-order valence-corrected chi connectivity index (χ1v) is 9.59. The van der Waals surface area contributed by atoms with E-state index in [1.165, 1.54) is 6.92 Å². The van der Waals surface area contributed by atoms with Gasteiger partial charge in [0, 0.05) is 17.6 Å². The predicted molar refractivity (Wildman–Crippen MR) is 111 cm³/mol. The number of amides is 1. The van der Waals surface area contributed by atoms with Crippen LogP contribution in [0.4, 0.5) is 13.2 Å². The normalized spacial score (nSPS) is 17.4. The molecule has 0 radical (unpaired) electrons. The number of carbonyl (C=O) groups is 1. The number of H-pyrrole nitrogens is 1. The van der Waals surface area contributed by atoms with Crippen LogP contribution in [-0.2, 0) is 0 Å². The first-order valence-electron chi connectivity index (χ1n) is 9.59. The molecule has 0 atom stereocenters. The molecule has 1 amide bonds. The number of benzene rings is 1. The molecule has 0 bridgehead atoms. The summed E-state index contributed by atoms with van der Waals surface area (Å²) in [5.74, 6) is -0.332. The minimum Gasteiger partial charge on any atom is -0.348 e. The van der Waals surface area contributed by atoms with E-state index >= 15 is 0 Å². The summed E-state index contributed by atoms with van der Waals surface area (Å²) in [4.78, 5) is 18.3. The first kappa shape index (κ1) is 21.8. The highest BCUT2D eigenvalue weighted by Gasteiger charge is 2.34. The lowest BCUT2D eigenvalue weighted by atomic mass is 9.98. The molecule has 0 spiro atoms. The van der Waals surface area contributed by atoms with Crippen molar-refractivity contribution in [3.8, 4) is 0 Å². The Kier molecular flexibility index (Phi) is 6.40. The van der Waals surface area contributed by atoms with Crippen molar-refractivity contribution in [2.45, 2.75) is 32.0 Å². The third-order valence-corrected chi connectivity index (χ3v) is 5.32. The zero-order valence-corrected chi connectivity index (χ0v) is 16.9. The van der Waals surface area contributed by atoms with Gasteiger partial charge < -0.3 is 10.2 Å². The number of halogens is 3. The quantitative estimate of drug-likeness (QED) is 0.570. The van der Waals surface area contributed by atoms with Crippen molar-refractivity contribution < 1.29 is 18.0 Å². The molecule has 1 saturated heterocycles. The number of allylic oxidation sites excluding steroid dienone is 3. The van der Waals surface area contributed by atoms with Gasteiger partial charge in [0.05, 0.1) is 11.1 Å². The van der Waals surface area contributed by atoms with Crippen molar-refractivity contribution in [2.75, 3.05) is 20.1 Å². The molecule has 0 aliphatic carbocycles. The van der Waals surface area contributed by atoms with E-state index in [4.69, 9.17) is 0 Å². The lowest BCUT2D eigenvalue weighted by Crippen LogP contribution is -2.43. The van der Waals surface area contributed by atoms with E-state index in [0.29, 0.717) is 16.5 Å². The summed E-state index contributed by atoms with van der Waals surface area (Å²) in [6.07, 6.45) is -0.976. The minimum atomic E-state index is -4.55. The molecule has 1 aromatic carbocycles. The van der Waals surface area contributed by atoms with E-state index in [-0.39, 0.29) is 23.2 Å². The molecule has 2 N–H and O–H groups in total. The number of carbonyl (C=O) groups excluding carboxylic acids is 1. The van der Waals surface area contributed by atoms with E-state index in [2.05, 4.69) is 32.1 Å². The largest absolute Gasteiger partial charge is 0.416 e. The standard InChI is InChI=1S/C21H24F3N5O/c1-13(17(6-9-25-2)21(22,23)24)14-4-5-18-16(12-14)19(28-27-18)20(30)26-15-7-10-29(3)11-8-15/h4-6,9,12,15H,2,7-8,10-11H2,1,3H3,(H,26,30)(H,27,28)/b9-6-,17-13-. The highest BCUT2D eigenvalue weighted by molar-refractivity contribution is 6.05. The number of piperidine rings is 1. The second-order valence-corrected chi connectivity index (χ2v) is 7.42. The molecular weight excluding hydrogens is 395 g/mol. The zero-order valence-electron chi connectivity index (χ0n) is 16.9. The molecule has 1 aliphatic rings. The average molecular weight is 419 g/mol. The van der Waals surface area contributed by atoms with Crippen LogP contribution in [-0.4, -0.2) is 60.1 Å². The fourth-order valence-corrected chi connectivity index (χ4v) is 3.54. The van der Waals surface area contributed by atoms with Crippen molar-refractivity contribution in [1.29, 1.82) is 0 Å². The Hall–Kier alpha value is -2.94. The minimum absolute atomic E-state index is 0.0205. The maximum atomic E-state index is 13.5. The summed E-state index contributed by atoms with van der Waals surface area (Å²) < 4.78 is 40.4. The Balaban J connectivity index is 1.94. The summed E-state index contributed by atoms with van der Waals surface area (Å²) in [6, 6.07) is 4.80. The lowest BCUT2D eigenvalue weighted by Gasteiger charge is -2.29. The molecule has 0 saturated carbocycles. The lowest BCUT2D eigenvalue weighted by molar-refractivity contribution is -0.0876. The molecule has 1 aromatic heterocycles. The number of aliphatic imine (C=N–C) groups is 1. The Morgan fingerprint density at radius 1 is 1.37 bits per heavy atom. The topological polar surface area (TPSA) is 73.4 Å². The van der Waals surface area contributed by atoms with Crippen molar-refractivity contribution in [2.24, 2.45) is 4.99 Å². The van der Waals surface area contributed by atoms with Gasteiger partial charge in [-0.15, -0.1) is 0 Å². The maximum Gasteiger partial charge on any atom is 0.416 e. The Morgan fingerprint density at radius 3 is 2.70 bits per heavy atom. The summed E-state index contributed by atoms with van der Waals surface area (Å²) in [6.45, 7) is 6.36. The molecular formula is C21H24F3N5O. The number of hydrogen-bond acceptors (Lipinski definition) is 4. The van der Waals surface area contributed by atoms with Crippen LogP contribution in [0, 0.1) is 0 Å². The van der Waals surface area contributed by atoms with Crippen molar-refractivity contribution in [1.82, 2.24) is 20.4 Å². The summed E-state index contributed by atoms with van der Waals surface area (Å²) in [5, 5.41) is 10.3. The van der Waals surface area contributed by atoms with Gasteiger partial charge in [-0.3, -0.25) is 14.9 Å². The molecule has 1 aliphatic heterocycles. The van der Waals surface area contributed by atoms with Crippen molar-refractivity contribution in [3.05, 3.63) is 47.3 Å². The van der Waals surface area contributed by atoms with E-state index in [9.17, 15) is 18.0 Å². The van der Waals surface area contributed by atoms with Gasteiger partial charge in [0.1, 0.15) is 0 Å². The summed E-state index contributed by atoms with van der Waals surface area (Å²) in [5.41, 5.74) is 0.299. The van der Waals surface area contributed by atoms with E-state index < -0.39 is 11.7 Å². The van der Waals surface area contributed by atoms with Crippen LogP contribution in [0.3, 0.4) is 0 Å². The van der Waals surface area contributed by atoms with Gasteiger partial charge in [0.25, 0.3) is 5.91 Å². The average Bonchev–Trinajstić information content (AvgIpc) is 3.12. The molecule has 3 rings (SSSR count). The molecule has 2 heterocycles. The number of nitrogens with one attached hydrogen (secondary N) is 2. The Bertz CT molecular complexity index is 998. The van der Waals surface area contributed by atoms with Crippen LogP contribution in [0.2, 0.25) is 0 Å². The summed E-state index contributed by atoms with van der Waals surface area (Å²) >= 11 is 0. The number of nitrogens with zero attached hydrogens (tertiary/aromatic N) is 3. The van der Waals surface area contributed by atoms with Gasteiger partial charge in [-0.05, 0) is 76.0 Å². The second-order valence-electron chi connectivity index (χ2n) is 7.42. The van der Waals surface area contributed by atoms with Gasteiger partial charge in [-0.2, -0.15) is 18.3 Å². The van der Waals surface area contributed by atoms with Crippen LogP contribution in [0.25, 0.3) is 16.5 Å². The fraction of sp³-hybridized carbons (Fsp3) is 0.381. The summed E-state index contributed by atoms with van der Waals surface area (Å²) in [7, 11) is 2.03. The SMILES string of the molecule is C=N/C=C\C(=C(/C)c1ccc2[nH]nc(C(=O)NC3CCN(C)CC3)c2c1)C(F)(F)F. The number of aromatic amines is 1. The number of rotatable bonds is 5. The van der Waals surface area contributed by atoms with Crippen LogP contribution in [0.1, 0.15) is 35.8 Å². The van der Waals surface area contributed by atoms with E-state index in [0.717, 1.165) is 38.2 Å². The molecule has 0 unspecified atom stereocenters. The number of fused-ring (bicyclic) bond motifs is 1. The molecule has 1 fully saturated rings. The van der Waals surface area contributed by atoms with Gasteiger partial charge in [-0.1, -0.05) is 6.07 Å². The van der Waals surface area contributed by atoms with Crippen LogP contribution in [0.15, 0.2) is 41.0 Å². The zero-order chi connectivity index (χ0) is 21.9. The monoisotopic (exact) mass is 419 g/mol. The molecule has 9 heteroatoms. The Morgan fingerprint density at radius 2 is 2.07 bits per heavy atom.